The van der Waals surface area contributed by atoms with Gasteiger partial charge in [-0.3, -0.25) is 4.79 Å². The number of benzene rings is 1. The van der Waals surface area contributed by atoms with Crippen LogP contribution in [0, 0.1) is 17.7 Å². The zero-order valence-electron chi connectivity index (χ0n) is 12.4. The van der Waals surface area contributed by atoms with Gasteiger partial charge in [-0.25, -0.2) is 4.39 Å². The third kappa shape index (κ3) is 3.26. The second-order valence-electron chi connectivity index (χ2n) is 6.48. The van der Waals surface area contributed by atoms with Gasteiger partial charge in [-0.1, -0.05) is 18.6 Å². The van der Waals surface area contributed by atoms with Gasteiger partial charge in [0.1, 0.15) is 5.82 Å². The topological polar surface area (TPSA) is 41.1 Å². The van der Waals surface area contributed by atoms with E-state index in [0.717, 1.165) is 18.5 Å². The molecule has 114 valence electrons. The molecule has 1 amide bonds. The number of fused-ring (bicyclic) bond motifs is 1. The summed E-state index contributed by atoms with van der Waals surface area (Å²) in [5.41, 5.74) is 1.04. The Hall–Kier alpha value is -1.42. The van der Waals surface area contributed by atoms with Crippen LogP contribution >= 0.6 is 0 Å². The second-order valence-corrected chi connectivity index (χ2v) is 6.48. The number of halogens is 1. The maximum Gasteiger partial charge on any atom is 0.237 e. The van der Waals surface area contributed by atoms with Gasteiger partial charge in [-0.05, 0) is 62.3 Å². The molecular weight excluding hydrogens is 267 g/mol. The summed E-state index contributed by atoms with van der Waals surface area (Å²) in [4.78, 5) is 12.4. The highest BCUT2D eigenvalue weighted by Gasteiger charge is 2.42. The van der Waals surface area contributed by atoms with Crippen LogP contribution in [0.5, 0.6) is 0 Å². The van der Waals surface area contributed by atoms with Gasteiger partial charge in [-0.15, -0.1) is 0 Å². The summed E-state index contributed by atoms with van der Waals surface area (Å²) in [6.07, 6.45) is 4.41. The van der Waals surface area contributed by atoms with E-state index < -0.39 is 0 Å². The first-order valence-electron chi connectivity index (χ1n) is 7.91. The molecule has 2 fully saturated rings. The molecule has 0 aromatic heterocycles. The molecule has 1 heterocycles. The van der Waals surface area contributed by atoms with Crippen molar-refractivity contribution in [3.63, 3.8) is 0 Å². The average Bonchev–Trinajstić information content (AvgIpc) is 3.03. The van der Waals surface area contributed by atoms with E-state index in [1.807, 2.05) is 6.92 Å². The summed E-state index contributed by atoms with van der Waals surface area (Å²) in [5.74, 6) is 1.10. The Morgan fingerprint density at radius 3 is 2.90 bits per heavy atom. The Balaban J connectivity index is 1.53. The average molecular weight is 290 g/mol. The molecule has 1 aromatic carbocycles. The summed E-state index contributed by atoms with van der Waals surface area (Å²) in [7, 11) is 0. The molecule has 1 aromatic rings. The number of rotatable bonds is 4. The molecule has 1 saturated carbocycles. The van der Waals surface area contributed by atoms with Crippen LogP contribution < -0.4 is 10.6 Å². The van der Waals surface area contributed by atoms with Crippen molar-refractivity contribution in [3.8, 4) is 0 Å². The maximum absolute atomic E-state index is 12.9. The van der Waals surface area contributed by atoms with E-state index in [-0.39, 0.29) is 23.8 Å². The molecule has 21 heavy (non-hydrogen) atoms. The van der Waals surface area contributed by atoms with Gasteiger partial charge in [0.15, 0.2) is 0 Å². The van der Waals surface area contributed by atoms with Crippen LogP contribution in [-0.2, 0) is 11.2 Å². The zero-order valence-corrected chi connectivity index (χ0v) is 12.4. The third-order valence-electron chi connectivity index (χ3n) is 4.87. The Morgan fingerprint density at radius 2 is 2.14 bits per heavy atom. The normalized spacial score (nSPS) is 29.1. The number of nitrogens with one attached hydrogen (secondary N) is 2. The molecule has 1 aliphatic heterocycles. The van der Waals surface area contributed by atoms with Crippen LogP contribution in [-0.4, -0.2) is 24.5 Å². The molecule has 4 unspecified atom stereocenters. The van der Waals surface area contributed by atoms with Crippen LogP contribution in [0.4, 0.5) is 4.39 Å². The van der Waals surface area contributed by atoms with Crippen molar-refractivity contribution < 1.29 is 9.18 Å². The Labute approximate surface area is 125 Å². The summed E-state index contributed by atoms with van der Waals surface area (Å²) in [6.45, 7) is 2.98. The van der Waals surface area contributed by atoms with Crippen LogP contribution in [0.2, 0.25) is 0 Å². The van der Waals surface area contributed by atoms with Crippen molar-refractivity contribution in [2.75, 3.05) is 6.54 Å². The van der Waals surface area contributed by atoms with E-state index in [2.05, 4.69) is 10.6 Å². The fraction of sp³-hybridized carbons (Fsp3) is 0.588. The van der Waals surface area contributed by atoms with Gasteiger partial charge in [-0.2, -0.15) is 0 Å². The molecule has 2 N–H and O–H groups in total. The van der Waals surface area contributed by atoms with Crippen molar-refractivity contribution in [1.82, 2.24) is 10.6 Å². The maximum atomic E-state index is 12.9. The van der Waals surface area contributed by atoms with E-state index in [9.17, 15) is 9.18 Å². The van der Waals surface area contributed by atoms with E-state index in [1.54, 1.807) is 12.1 Å². The minimum absolute atomic E-state index is 0.0202. The Bertz CT molecular complexity index is 502. The molecule has 4 atom stereocenters. The number of amides is 1. The summed E-state index contributed by atoms with van der Waals surface area (Å²) >= 11 is 0. The smallest absolute Gasteiger partial charge is 0.237 e. The highest BCUT2D eigenvalue weighted by atomic mass is 19.1. The SMILES string of the molecule is CC(Cc1ccc(F)cc1)NC(=O)C1NCC2CCCC21. The van der Waals surface area contributed by atoms with Crippen molar-refractivity contribution in [2.45, 2.75) is 44.7 Å². The highest BCUT2D eigenvalue weighted by molar-refractivity contribution is 5.82. The van der Waals surface area contributed by atoms with E-state index >= 15 is 0 Å². The number of carbonyl (C=O) groups is 1. The first-order chi connectivity index (χ1) is 10.1. The van der Waals surface area contributed by atoms with Crippen LogP contribution in [0.3, 0.4) is 0 Å². The van der Waals surface area contributed by atoms with Crippen molar-refractivity contribution in [2.24, 2.45) is 11.8 Å². The molecule has 2 aliphatic rings. The van der Waals surface area contributed by atoms with Gasteiger partial charge < -0.3 is 10.6 Å². The Kier molecular flexibility index (Phi) is 4.24. The fourth-order valence-corrected chi connectivity index (χ4v) is 3.83. The predicted molar refractivity (Wildman–Crippen MR) is 80.3 cm³/mol. The van der Waals surface area contributed by atoms with Crippen LogP contribution in [0.25, 0.3) is 0 Å². The number of hydrogen-bond donors (Lipinski definition) is 2. The van der Waals surface area contributed by atoms with Crippen LogP contribution in [0.15, 0.2) is 24.3 Å². The van der Waals surface area contributed by atoms with Gasteiger partial charge >= 0.3 is 0 Å². The highest BCUT2D eigenvalue weighted by Crippen LogP contribution is 2.37. The van der Waals surface area contributed by atoms with Crippen LogP contribution in [0.1, 0.15) is 31.7 Å². The monoisotopic (exact) mass is 290 g/mol. The standard InChI is InChI=1S/C17H23FN2O/c1-11(9-12-5-7-14(18)8-6-12)20-17(21)16-15-4-2-3-13(15)10-19-16/h5-8,11,13,15-16,19H,2-4,9-10H2,1H3,(H,20,21). The lowest BCUT2D eigenvalue weighted by atomic mass is 9.93. The van der Waals surface area contributed by atoms with E-state index in [1.165, 1.54) is 31.4 Å². The molecule has 0 bridgehead atoms. The lowest BCUT2D eigenvalue weighted by Gasteiger charge is -2.21. The minimum Gasteiger partial charge on any atom is -0.352 e. The lowest BCUT2D eigenvalue weighted by molar-refractivity contribution is -0.124. The summed E-state index contributed by atoms with van der Waals surface area (Å²) < 4.78 is 12.9. The number of hydrogen-bond acceptors (Lipinski definition) is 2. The molecule has 1 saturated heterocycles. The molecule has 4 heteroatoms. The van der Waals surface area contributed by atoms with Gasteiger partial charge in [0.05, 0.1) is 6.04 Å². The molecule has 3 nitrogen and oxygen atoms in total. The molecular formula is C17H23FN2O. The molecule has 0 spiro atoms. The first-order valence-corrected chi connectivity index (χ1v) is 7.91. The van der Waals surface area contributed by atoms with Gasteiger partial charge in [0, 0.05) is 6.04 Å². The van der Waals surface area contributed by atoms with Crippen molar-refractivity contribution in [3.05, 3.63) is 35.6 Å². The second kappa shape index (κ2) is 6.14. The minimum atomic E-state index is -0.224. The third-order valence-corrected chi connectivity index (χ3v) is 4.87. The van der Waals surface area contributed by atoms with E-state index in [4.69, 9.17) is 0 Å². The molecule has 3 rings (SSSR count). The summed E-state index contributed by atoms with van der Waals surface area (Å²) in [5, 5.41) is 6.48. The molecule has 1 aliphatic carbocycles. The Morgan fingerprint density at radius 1 is 1.38 bits per heavy atom. The lowest BCUT2D eigenvalue weighted by Crippen LogP contribution is -2.47. The van der Waals surface area contributed by atoms with E-state index in [0.29, 0.717) is 11.8 Å². The predicted octanol–water partition coefficient (Wildman–Crippen LogP) is 2.26. The molecule has 0 radical (unpaired) electrons. The van der Waals surface area contributed by atoms with Crippen molar-refractivity contribution in [1.29, 1.82) is 0 Å². The zero-order chi connectivity index (χ0) is 14.8. The quantitative estimate of drug-likeness (QED) is 0.893. The number of carbonyl (C=O) groups excluding carboxylic acids is 1. The van der Waals surface area contributed by atoms with Gasteiger partial charge in [0.2, 0.25) is 5.91 Å². The van der Waals surface area contributed by atoms with Gasteiger partial charge in [0.25, 0.3) is 0 Å². The largest absolute Gasteiger partial charge is 0.352 e. The fourth-order valence-electron chi connectivity index (χ4n) is 3.83. The first kappa shape index (κ1) is 14.5. The summed E-state index contributed by atoms with van der Waals surface area (Å²) in [6, 6.07) is 6.52. The van der Waals surface area contributed by atoms with Crippen molar-refractivity contribution >= 4 is 5.91 Å².